The quantitative estimate of drug-likeness (QED) is 0.671. The molecule has 0 spiro atoms. The van der Waals surface area contributed by atoms with E-state index in [1.54, 1.807) is 13.0 Å². The standard InChI is InChI=1S/C17H19N3O4/c1-10-5-7-14(11(2)9-10)19-17(21)13(4)24-15-8-6-12(3)18-16(15)20(22)23/h5-9,13H,1-4H3,(H,19,21)/t13-/m1/s1. The van der Waals surface area contributed by atoms with Gasteiger partial charge in [0.15, 0.2) is 6.10 Å². The Morgan fingerprint density at radius 1 is 1.25 bits per heavy atom. The molecule has 1 amide bonds. The molecule has 1 aromatic carbocycles. The number of nitrogens with one attached hydrogen (secondary N) is 1. The summed E-state index contributed by atoms with van der Waals surface area (Å²) in [6, 6.07) is 8.70. The van der Waals surface area contributed by atoms with E-state index in [0.29, 0.717) is 11.4 Å². The van der Waals surface area contributed by atoms with Crippen LogP contribution in [0.25, 0.3) is 0 Å². The maximum Gasteiger partial charge on any atom is 0.406 e. The van der Waals surface area contributed by atoms with E-state index in [1.807, 2.05) is 32.0 Å². The van der Waals surface area contributed by atoms with Crippen LogP contribution in [0, 0.1) is 30.9 Å². The molecule has 0 aliphatic carbocycles. The zero-order valence-corrected chi connectivity index (χ0v) is 14.0. The Bertz CT molecular complexity index is 789. The van der Waals surface area contributed by atoms with E-state index in [1.165, 1.54) is 13.0 Å². The number of aromatic nitrogens is 1. The third-order valence-corrected chi connectivity index (χ3v) is 3.46. The third kappa shape index (κ3) is 4.07. The number of nitro groups is 1. The first-order valence-electron chi connectivity index (χ1n) is 7.44. The number of amides is 1. The zero-order valence-electron chi connectivity index (χ0n) is 14.0. The van der Waals surface area contributed by atoms with Crippen LogP contribution >= 0.6 is 0 Å². The van der Waals surface area contributed by atoms with E-state index in [2.05, 4.69) is 10.3 Å². The average Bonchev–Trinajstić information content (AvgIpc) is 2.51. The maximum absolute atomic E-state index is 12.3. The van der Waals surface area contributed by atoms with Crippen LogP contribution in [0.5, 0.6) is 5.75 Å². The van der Waals surface area contributed by atoms with Crippen molar-refractivity contribution in [2.75, 3.05) is 5.32 Å². The summed E-state index contributed by atoms with van der Waals surface area (Å²) in [4.78, 5) is 26.5. The maximum atomic E-state index is 12.3. The Hall–Kier alpha value is -2.96. The largest absolute Gasteiger partial charge is 0.473 e. The van der Waals surface area contributed by atoms with Crippen molar-refractivity contribution in [2.45, 2.75) is 33.8 Å². The van der Waals surface area contributed by atoms with Gasteiger partial charge < -0.3 is 20.2 Å². The molecule has 1 aromatic heterocycles. The molecule has 0 aliphatic rings. The first-order valence-corrected chi connectivity index (χ1v) is 7.44. The van der Waals surface area contributed by atoms with E-state index in [9.17, 15) is 14.9 Å². The van der Waals surface area contributed by atoms with Crippen molar-refractivity contribution in [3.8, 4) is 5.75 Å². The van der Waals surface area contributed by atoms with Gasteiger partial charge >= 0.3 is 5.82 Å². The normalized spacial score (nSPS) is 11.7. The van der Waals surface area contributed by atoms with Crippen LogP contribution in [0.2, 0.25) is 0 Å². The molecule has 0 unspecified atom stereocenters. The summed E-state index contributed by atoms with van der Waals surface area (Å²) >= 11 is 0. The van der Waals surface area contributed by atoms with Crippen LogP contribution in [0.15, 0.2) is 30.3 Å². The molecule has 7 heteroatoms. The van der Waals surface area contributed by atoms with Crippen LogP contribution < -0.4 is 10.1 Å². The number of nitrogens with zero attached hydrogens (tertiary/aromatic N) is 2. The van der Waals surface area contributed by atoms with Crippen molar-refractivity contribution in [3.05, 3.63) is 57.3 Å². The highest BCUT2D eigenvalue weighted by molar-refractivity contribution is 5.94. The van der Waals surface area contributed by atoms with Crippen LogP contribution in [-0.2, 0) is 4.79 Å². The minimum absolute atomic E-state index is 0.0334. The minimum atomic E-state index is -0.908. The summed E-state index contributed by atoms with van der Waals surface area (Å²) in [6.07, 6.45) is -0.908. The third-order valence-electron chi connectivity index (χ3n) is 3.46. The van der Waals surface area contributed by atoms with Crippen molar-refractivity contribution < 1.29 is 14.5 Å². The highest BCUT2D eigenvalue weighted by Gasteiger charge is 2.23. The lowest BCUT2D eigenvalue weighted by Gasteiger charge is -2.15. The van der Waals surface area contributed by atoms with Crippen molar-refractivity contribution in [2.24, 2.45) is 0 Å². The zero-order chi connectivity index (χ0) is 17.9. The first-order chi connectivity index (χ1) is 11.3. The summed E-state index contributed by atoms with van der Waals surface area (Å²) in [5.41, 5.74) is 3.20. The number of ether oxygens (including phenoxy) is 1. The van der Waals surface area contributed by atoms with Crippen LogP contribution in [0.1, 0.15) is 23.7 Å². The van der Waals surface area contributed by atoms with E-state index in [0.717, 1.165) is 11.1 Å². The number of hydrogen-bond acceptors (Lipinski definition) is 5. The first kappa shape index (κ1) is 17.4. The molecule has 1 N–H and O–H groups in total. The Morgan fingerprint density at radius 3 is 2.58 bits per heavy atom. The number of benzene rings is 1. The van der Waals surface area contributed by atoms with Crippen molar-refractivity contribution in [3.63, 3.8) is 0 Å². The van der Waals surface area contributed by atoms with Gasteiger partial charge in [0.05, 0.1) is 0 Å². The van der Waals surface area contributed by atoms with Crippen molar-refractivity contribution in [1.29, 1.82) is 0 Å². The second kappa shape index (κ2) is 7.08. The molecule has 0 radical (unpaired) electrons. The molecule has 0 aliphatic heterocycles. The number of anilines is 1. The fraction of sp³-hybridized carbons (Fsp3) is 0.294. The van der Waals surface area contributed by atoms with Crippen molar-refractivity contribution >= 4 is 17.4 Å². The lowest BCUT2D eigenvalue weighted by atomic mass is 10.1. The predicted molar refractivity (Wildman–Crippen MR) is 90.3 cm³/mol. The Kier molecular flexibility index (Phi) is 5.13. The Morgan fingerprint density at radius 2 is 1.96 bits per heavy atom. The molecular formula is C17H19N3O4. The molecule has 0 fully saturated rings. The lowest BCUT2D eigenvalue weighted by Crippen LogP contribution is -2.30. The second-order valence-electron chi connectivity index (χ2n) is 5.60. The highest BCUT2D eigenvalue weighted by atomic mass is 16.6. The molecule has 1 atom stereocenters. The van der Waals surface area contributed by atoms with Gasteiger partial charge in [-0.3, -0.25) is 4.79 Å². The summed E-state index contributed by atoms with van der Waals surface area (Å²) in [5, 5.41) is 13.8. The number of pyridine rings is 1. The van der Waals surface area contributed by atoms with Gasteiger partial charge in [-0.05, 0) is 54.4 Å². The number of carbonyl (C=O) groups is 1. The predicted octanol–water partition coefficient (Wildman–Crippen LogP) is 3.32. The van der Waals surface area contributed by atoms with Crippen molar-refractivity contribution in [1.82, 2.24) is 4.98 Å². The number of rotatable bonds is 5. The van der Waals surface area contributed by atoms with Gasteiger partial charge in [-0.25, -0.2) is 0 Å². The van der Waals surface area contributed by atoms with Gasteiger partial charge in [0.1, 0.15) is 5.69 Å². The van der Waals surface area contributed by atoms with E-state index in [-0.39, 0.29) is 5.75 Å². The molecule has 24 heavy (non-hydrogen) atoms. The SMILES string of the molecule is Cc1ccc(NC(=O)[C@@H](C)Oc2ccc(C)nc2[N+](=O)[O-])c(C)c1. The number of carbonyl (C=O) groups excluding carboxylic acids is 1. The van der Waals surface area contributed by atoms with Gasteiger partial charge in [-0.1, -0.05) is 17.7 Å². The fourth-order valence-corrected chi connectivity index (χ4v) is 2.19. The summed E-state index contributed by atoms with van der Waals surface area (Å²) < 4.78 is 5.44. The topological polar surface area (TPSA) is 94.4 Å². The molecule has 2 aromatic rings. The molecule has 0 saturated heterocycles. The average molecular weight is 329 g/mol. The highest BCUT2D eigenvalue weighted by Crippen LogP contribution is 2.26. The summed E-state index contributed by atoms with van der Waals surface area (Å²) in [5.74, 6) is -0.827. The summed E-state index contributed by atoms with van der Waals surface area (Å²) in [7, 11) is 0. The molecule has 7 nitrogen and oxygen atoms in total. The van der Waals surface area contributed by atoms with Gasteiger partial charge in [-0.2, -0.15) is 0 Å². The molecule has 0 bridgehead atoms. The molecule has 0 saturated carbocycles. The number of hydrogen-bond donors (Lipinski definition) is 1. The molecular weight excluding hydrogens is 310 g/mol. The Balaban J connectivity index is 2.13. The van der Waals surface area contributed by atoms with E-state index >= 15 is 0 Å². The van der Waals surface area contributed by atoms with Gasteiger partial charge in [0, 0.05) is 12.6 Å². The van der Waals surface area contributed by atoms with E-state index in [4.69, 9.17) is 4.74 Å². The molecule has 126 valence electrons. The summed E-state index contributed by atoms with van der Waals surface area (Å²) in [6.45, 7) is 7.03. The Labute approximate surface area is 139 Å². The van der Waals surface area contributed by atoms with Gasteiger partial charge in [-0.15, -0.1) is 0 Å². The van der Waals surface area contributed by atoms with Crippen LogP contribution in [0.3, 0.4) is 0 Å². The number of aryl methyl sites for hydroxylation is 3. The smallest absolute Gasteiger partial charge is 0.406 e. The van der Waals surface area contributed by atoms with Crippen LogP contribution in [0.4, 0.5) is 11.5 Å². The van der Waals surface area contributed by atoms with E-state index < -0.39 is 22.8 Å². The second-order valence-corrected chi connectivity index (χ2v) is 5.60. The minimum Gasteiger partial charge on any atom is -0.473 e. The van der Waals surface area contributed by atoms with Gasteiger partial charge in [0.25, 0.3) is 5.91 Å². The molecule has 2 rings (SSSR count). The van der Waals surface area contributed by atoms with Gasteiger partial charge in [0.2, 0.25) is 5.75 Å². The molecule has 1 heterocycles. The lowest BCUT2D eigenvalue weighted by molar-refractivity contribution is -0.390. The fourth-order valence-electron chi connectivity index (χ4n) is 2.19. The monoisotopic (exact) mass is 329 g/mol. The van der Waals surface area contributed by atoms with Crippen LogP contribution in [-0.4, -0.2) is 21.9 Å².